The van der Waals surface area contributed by atoms with E-state index in [1.165, 1.54) is 0 Å². The van der Waals surface area contributed by atoms with Crippen LogP contribution in [-0.2, 0) is 17.1 Å². The number of nitrogens with zero attached hydrogens (tertiary/aromatic N) is 1. The van der Waals surface area contributed by atoms with Crippen LogP contribution in [0.3, 0.4) is 0 Å². The first-order chi connectivity index (χ1) is 1.41. The smallest absolute Gasteiger partial charge is 1.00 e. The van der Waals surface area contributed by atoms with Crippen LogP contribution in [0.2, 0.25) is 0 Å². The molecule has 106 valence electrons. The molecule has 0 radical (unpaired) electrons. The van der Waals surface area contributed by atoms with E-state index in [2.05, 4.69) is 0 Å². The van der Waals surface area contributed by atoms with Gasteiger partial charge in [-0.05, 0) is 0 Å². The standard InChI is InChI=1S/CHNO.Fe.Na.10H2O.H/c2-1-3;;;;;;;;;;;;;/h3H;;;10*1H2;/q;;+1;;;;;;;;;;;-1. The molecular weight excluding hydrogens is 281 g/mol. The fourth-order valence-corrected chi connectivity index (χ4v) is 0. The quantitative estimate of drug-likeness (QED) is 0.336. The molecule has 0 spiro atoms. The first kappa shape index (κ1) is 551. The van der Waals surface area contributed by atoms with Crippen LogP contribution in [0, 0.1) is 11.5 Å². The van der Waals surface area contributed by atoms with Crippen molar-refractivity contribution in [3.63, 3.8) is 0 Å². The van der Waals surface area contributed by atoms with E-state index in [9.17, 15) is 0 Å². The van der Waals surface area contributed by atoms with Gasteiger partial charge in [-0.1, -0.05) is 0 Å². The Balaban J connectivity index is -0.000000000256. The largest absolute Gasteiger partial charge is 1.00 e. The molecule has 12 nitrogen and oxygen atoms in total. The Morgan fingerprint density at radius 3 is 0.667 bits per heavy atom. The van der Waals surface area contributed by atoms with Crippen LogP contribution >= 0.6 is 0 Å². The predicted octanol–water partition coefficient (Wildman–Crippen LogP) is -11.3. The van der Waals surface area contributed by atoms with Gasteiger partial charge in [-0.15, -0.1) is 0 Å². The maximum Gasteiger partial charge on any atom is 1.00 e. The molecule has 0 bridgehead atoms. The summed E-state index contributed by atoms with van der Waals surface area (Å²) in [6, 6.07) is 0. The van der Waals surface area contributed by atoms with Crippen LogP contribution in [0.4, 0.5) is 0 Å². The summed E-state index contributed by atoms with van der Waals surface area (Å²) in [6.07, 6.45) is 0.750. The van der Waals surface area contributed by atoms with Gasteiger partial charge in [-0.3, -0.25) is 0 Å². The summed E-state index contributed by atoms with van der Waals surface area (Å²) >= 11 is 0. The molecule has 0 aromatic heterocycles. The van der Waals surface area contributed by atoms with Crippen LogP contribution in [0.15, 0.2) is 0 Å². The molecule has 0 aromatic rings. The summed E-state index contributed by atoms with van der Waals surface area (Å²) in [5.41, 5.74) is 0. The molecule has 0 unspecified atom stereocenters. The summed E-state index contributed by atoms with van der Waals surface area (Å²) in [7, 11) is 0. The second-order valence-corrected chi connectivity index (χ2v) is 0.100. The first-order valence-electron chi connectivity index (χ1n) is 0.447. The topological polar surface area (TPSA) is 359 Å². The van der Waals surface area contributed by atoms with E-state index < -0.39 is 0 Å². The van der Waals surface area contributed by atoms with E-state index in [1.54, 1.807) is 0 Å². The van der Waals surface area contributed by atoms with Crippen molar-refractivity contribution in [1.29, 1.82) is 5.26 Å². The van der Waals surface area contributed by atoms with Crippen molar-refractivity contribution < 1.29 is 108 Å². The maximum absolute atomic E-state index is 6.88. The van der Waals surface area contributed by atoms with E-state index in [0.717, 1.165) is 6.26 Å². The fraction of sp³-hybridized carbons (Fsp3) is 0. The molecule has 14 heteroatoms. The van der Waals surface area contributed by atoms with Gasteiger partial charge in [0.1, 0.15) is 0 Å². The second kappa shape index (κ2) is 1300. The van der Waals surface area contributed by atoms with E-state index in [-0.39, 0.29) is 103 Å². The summed E-state index contributed by atoms with van der Waals surface area (Å²) in [4.78, 5) is 0. The van der Waals surface area contributed by atoms with Gasteiger partial charge in [-0.2, -0.15) is 5.26 Å². The molecule has 0 rings (SSSR count). The SMILES string of the molecule is N#CO.O.O.O.O.O.O.O.O.O.O.[Fe].[H-].[Na+]. The second-order valence-electron chi connectivity index (χ2n) is 0.100. The van der Waals surface area contributed by atoms with Crippen molar-refractivity contribution >= 4 is 0 Å². The third-order valence-electron chi connectivity index (χ3n) is 0. The molecule has 0 aliphatic heterocycles. The minimum absolute atomic E-state index is 0. The van der Waals surface area contributed by atoms with E-state index in [1.807, 2.05) is 0 Å². The number of aliphatic hydroxyl groups is 1. The van der Waals surface area contributed by atoms with Crippen molar-refractivity contribution in [1.82, 2.24) is 0 Å². The van der Waals surface area contributed by atoms with Crippen LogP contribution in [-0.4, -0.2) is 59.9 Å². The van der Waals surface area contributed by atoms with Gasteiger partial charge in [0.15, 0.2) is 0 Å². The molecule has 0 amide bonds. The third kappa shape index (κ3) is 13200. The Morgan fingerprint density at radius 1 is 0.667 bits per heavy atom. The molecule has 0 fully saturated rings. The zero-order chi connectivity index (χ0) is 2.71. The van der Waals surface area contributed by atoms with Crippen LogP contribution in [0.25, 0.3) is 0 Å². The van der Waals surface area contributed by atoms with E-state index in [0.29, 0.717) is 0 Å². The summed E-state index contributed by atoms with van der Waals surface area (Å²) in [5.74, 6) is 0. The number of hydrogen-bond donors (Lipinski definition) is 1. The van der Waals surface area contributed by atoms with Gasteiger partial charge < -0.3 is 61.3 Å². The molecule has 0 saturated heterocycles. The molecule has 0 heterocycles. The summed E-state index contributed by atoms with van der Waals surface area (Å²) < 4.78 is 0. The Labute approximate surface area is 119 Å². The molecule has 21 N–H and O–H groups in total. The van der Waals surface area contributed by atoms with Crippen molar-refractivity contribution in [2.24, 2.45) is 0 Å². The Kier molecular flexibility index (Phi) is 47900. The van der Waals surface area contributed by atoms with Crippen LogP contribution < -0.4 is 29.6 Å². The number of nitriles is 1. The van der Waals surface area contributed by atoms with Gasteiger partial charge in [0.25, 0.3) is 6.26 Å². The Hall–Kier alpha value is 0.409. The van der Waals surface area contributed by atoms with Gasteiger partial charge in [0, 0.05) is 17.1 Å². The average Bonchev–Trinajstić information content (AvgIpc) is 0.918. The van der Waals surface area contributed by atoms with Gasteiger partial charge in [0.05, 0.1) is 0 Å². The van der Waals surface area contributed by atoms with Crippen molar-refractivity contribution in [2.75, 3.05) is 0 Å². The van der Waals surface area contributed by atoms with Gasteiger partial charge in [-0.25, -0.2) is 0 Å². The van der Waals surface area contributed by atoms with E-state index in [4.69, 9.17) is 10.4 Å². The number of rotatable bonds is 0. The normalized spacial score (nSPS) is 0.467. The van der Waals surface area contributed by atoms with Crippen LogP contribution in [0.5, 0.6) is 0 Å². The molecular formula is CH22FeNNaO11. The summed E-state index contributed by atoms with van der Waals surface area (Å²) in [5, 5.41) is 13.8. The minimum Gasteiger partial charge on any atom is -1.00 e. The fourth-order valence-electron chi connectivity index (χ4n) is 0. The van der Waals surface area contributed by atoms with Crippen molar-refractivity contribution in [3.8, 4) is 6.26 Å². The first-order valence-corrected chi connectivity index (χ1v) is 0.447. The molecule has 0 aromatic carbocycles. The molecule has 0 aliphatic rings. The average molecular weight is 303 g/mol. The van der Waals surface area contributed by atoms with Crippen molar-refractivity contribution in [2.45, 2.75) is 0 Å². The Morgan fingerprint density at radius 2 is 0.667 bits per heavy atom. The number of aliphatic hydroxyl groups excluding tert-OH is 1. The zero-order valence-corrected chi connectivity index (χ0v) is 10.9. The maximum atomic E-state index is 6.88. The minimum atomic E-state index is 0. The van der Waals surface area contributed by atoms with E-state index >= 15 is 0 Å². The molecule has 0 saturated carbocycles. The Bertz CT molecular complexity index is 47.5. The zero-order valence-electron chi connectivity index (χ0n) is 8.75. The monoisotopic (exact) mass is 303 g/mol. The molecule has 0 aliphatic carbocycles. The number of hydrogen-bond acceptors (Lipinski definition) is 2. The molecule has 0 atom stereocenters. The molecule has 15 heavy (non-hydrogen) atoms. The summed E-state index contributed by atoms with van der Waals surface area (Å²) in [6.45, 7) is 0. The van der Waals surface area contributed by atoms with Crippen molar-refractivity contribution in [3.05, 3.63) is 0 Å². The third-order valence-corrected chi connectivity index (χ3v) is 0. The van der Waals surface area contributed by atoms with Gasteiger partial charge >= 0.3 is 29.6 Å². The van der Waals surface area contributed by atoms with Gasteiger partial charge in [0.2, 0.25) is 0 Å². The van der Waals surface area contributed by atoms with Crippen LogP contribution in [0.1, 0.15) is 1.43 Å². The predicted molar refractivity (Wildman–Crippen MR) is 44.8 cm³/mol.